The molecule has 100 valence electrons. The maximum atomic E-state index is 12.5. The van der Waals surface area contributed by atoms with Gasteiger partial charge in [-0.25, -0.2) is 0 Å². The molecule has 2 nitrogen and oxygen atoms in total. The molecule has 2 heteroatoms. The SMILES string of the molecule is Cc1ccc(C)c(NC(=O)C2[C@@H]3[C@H]4CC[C@@H](C4)[C@@H]23)c1. The zero-order valence-electron chi connectivity index (χ0n) is 11.6. The average Bonchev–Trinajstić information content (AvgIpc) is 2.83. The van der Waals surface area contributed by atoms with Crippen LogP contribution in [-0.4, -0.2) is 5.91 Å². The summed E-state index contributed by atoms with van der Waals surface area (Å²) in [6.07, 6.45) is 4.15. The highest BCUT2D eigenvalue weighted by Gasteiger charge is 2.67. The second-order valence-corrected chi connectivity index (χ2v) is 6.82. The molecule has 19 heavy (non-hydrogen) atoms. The van der Waals surface area contributed by atoms with E-state index in [9.17, 15) is 4.79 Å². The second kappa shape index (κ2) is 3.84. The summed E-state index contributed by atoms with van der Waals surface area (Å²) in [5.41, 5.74) is 3.37. The van der Waals surface area contributed by atoms with Crippen molar-refractivity contribution in [2.45, 2.75) is 33.1 Å². The van der Waals surface area contributed by atoms with Gasteiger partial charge in [-0.3, -0.25) is 4.79 Å². The quantitative estimate of drug-likeness (QED) is 0.860. The maximum Gasteiger partial charge on any atom is 0.228 e. The molecule has 0 aliphatic heterocycles. The normalized spacial score (nSPS) is 38.1. The van der Waals surface area contributed by atoms with Crippen LogP contribution in [0.3, 0.4) is 0 Å². The van der Waals surface area contributed by atoms with E-state index in [1.807, 2.05) is 0 Å². The van der Waals surface area contributed by atoms with E-state index in [2.05, 4.69) is 37.4 Å². The number of carbonyl (C=O) groups excluding carboxylic acids is 1. The Morgan fingerprint density at radius 1 is 1.16 bits per heavy atom. The lowest BCUT2D eigenvalue weighted by Gasteiger charge is -2.12. The van der Waals surface area contributed by atoms with Gasteiger partial charge < -0.3 is 5.32 Å². The van der Waals surface area contributed by atoms with E-state index >= 15 is 0 Å². The predicted octanol–water partition coefficient (Wildman–Crippen LogP) is 3.53. The number of fused-ring (bicyclic) bond motifs is 5. The summed E-state index contributed by atoms with van der Waals surface area (Å²) in [5.74, 6) is 3.79. The van der Waals surface area contributed by atoms with Gasteiger partial charge in [-0.05, 0) is 74.0 Å². The van der Waals surface area contributed by atoms with Crippen LogP contribution in [0, 0.1) is 43.4 Å². The minimum Gasteiger partial charge on any atom is -0.326 e. The van der Waals surface area contributed by atoms with Crippen LogP contribution in [-0.2, 0) is 4.79 Å². The van der Waals surface area contributed by atoms with Gasteiger partial charge in [0.2, 0.25) is 5.91 Å². The third kappa shape index (κ3) is 1.65. The van der Waals surface area contributed by atoms with Crippen molar-refractivity contribution in [2.24, 2.45) is 29.6 Å². The first kappa shape index (κ1) is 11.5. The lowest BCUT2D eigenvalue weighted by atomic mass is 10.0. The van der Waals surface area contributed by atoms with Gasteiger partial charge in [0.15, 0.2) is 0 Å². The predicted molar refractivity (Wildman–Crippen MR) is 75.8 cm³/mol. The fourth-order valence-corrected chi connectivity index (χ4v) is 4.76. The maximum absolute atomic E-state index is 12.5. The van der Waals surface area contributed by atoms with E-state index in [4.69, 9.17) is 0 Å². The van der Waals surface area contributed by atoms with Crippen LogP contribution in [0.1, 0.15) is 30.4 Å². The van der Waals surface area contributed by atoms with E-state index in [-0.39, 0.29) is 5.91 Å². The minimum atomic E-state index is 0.278. The topological polar surface area (TPSA) is 29.1 Å². The smallest absolute Gasteiger partial charge is 0.228 e. The van der Waals surface area contributed by atoms with Crippen molar-refractivity contribution in [2.75, 3.05) is 5.32 Å². The largest absolute Gasteiger partial charge is 0.326 e. The molecule has 1 aromatic rings. The molecule has 4 rings (SSSR count). The summed E-state index contributed by atoms with van der Waals surface area (Å²) in [5, 5.41) is 3.17. The van der Waals surface area contributed by atoms with Crippen LogP contribution >= 0.6 is 0 Å². The lowest BCUT2D eigenvalue weighted by Crippen LogP contribution is -2.19. The van der Waals surface area contributed by atoms with Gasteiger partial charge in [-0.2, -0.15) is 0 Å². The number of hydrogen-bond donors (Lipinski definition) is 1. The third-order valence-corrected chi connectivity index (χ3v) is 5.69. The highest BCUT2D eigenvalue weighted by Crippen LogP contribution is 2.69. The van der Waals surface area contributed by atoms with Gasteiger partial charge in [0, 0.05) is 11.6 Å². The van der Waals surface area contributed by atoms with Gasteiger partial charge in [0.1, 0.15) is 0 Å². The monoisotopic (exact) mass is 255 g/mol. The zero-order valence-corrected chi connectivity index (χ0v) is 11.6. The Hall–Kier alpha value is -1.31. The van der Waals surface area contributed by atoms with Gasteiger partial charge in [-0.15, -0.1) is 0 Å². The zero-order chi connectivity index (χ0) is 13.1. The van der Waals surface area contributed by atoms with Crippen molar-refractivity contribution in [1.29, 1.82) is 0 Å². The molecule has 3 aliphatic carbocycles. The highest BCUT2D eigenvalue weighted by molar-refractivity contribution is 5.95. The molecule has 0 heterocycles. The molecule has 0 aromatic heterocycles. The molecule has 0 saturated heterocycles. The van der Waals surface area contributed by atoms with Crippen molar-refractivity contribution < 1.29 is 4.79 Å². The Bertz CT molecular complexity index is 534. The Labute approximate surface area is 114 Å². The molecule has 1 N–H and O–H groups in total. The number of benzene rings is 1. The first-order chi connectivity index (χ1) is 9.15. The number of anilines is 1. The fraction of sp³-hybridized carbons (Fsp3) is 0.588. The summed E-state index contributed by atoms with van der Waals surface area (Å²) >= 11 is 0. The number of rotatable bonds is 2. The van der Waals surface area contributed by atoms with Crippen LogP contribution in [0.4, 0.5) is 5.69 Å². The Morgan fingerprint density at radius 3 is 2.53 bits per heavy atom. The highest BCUT2D eigenvalue weighted by atomic mass is 16.2. The van der Waals surface area contributed by atoms with Crippen molar-refractivity contribution in [1.82, 2.24) is 0 Å². The van der Waals surface area contributed by atoms with Crippen LogP contribution in [0.25, 0.3) is 0 Å². The minimum absolute atomic E-state index is 0.278. The van der Waals surface area contributed by atoms with Crippen LogP contribution in [0.15, 0.2) is 18.2 Å². The average molecular weight is 255 g/mol. The number of aryl methyl sites for hydroxylation is 2. The third-order valence-electron chi connectivity index (χ3n) is 5.69. The Morgan fingerprint density at radius 2 is 1.84 bits per heavy atom. The van der Waals surface area contributed by atoms with Gasteiger partial charge in [0.25, 0.3) is 0 Å². The van der Waals surface area contributed by atoms with Gasteiger partial charge in [0.05, 0.1) is 0 Å². The summed E-state index contributed by atoms with van der Waals surface area (Å²) < 4.78 is 0. The molecule has 4 atom stereocenters. The fourth-order valence-electron chi connectivity index (χ4n) is 4.76. The van der Waals surface area contributed by atoms with E-state index in [0.29, 0.717) is 5.92 Å². The van der Waals surface area contributed by atoms with Crippen LogP contribution in [0.5, 0.6) is 0 Å². The van der Waals surface area contributed by atoms with E-state index in [1.54, 1.807) is 0 Å². The molecule has 2 bridgehead atoms. The molecule has 0 unspecified atom stereocenters. The first-order valence-electron chi connectivity index (χ1n) is 7.53. The molecule has 0 spiro atoms. The molecule has 0 radical (unpaired) electrons. The number of hydrogen-bond acceptors (Lipinski definition) is 1. The van der Waals surface area contributed by atoms with E-state index < -0.39 is 0 Å². The molecular weight excluding hydrogens is 234 g/mol. The number of nitrogens with one attached hydrogen (secondary N) is 1. The van der Waals surface area contributed by atoms with Crippen molar-refractivity contribution in [3.8, 4) is 0 Å². The van der Waals surface area contributed by atoms with Crippen molar-refractivity contribution >= 4 is 11.6 Å². The van der Waals surface area contributed by atoms with Crippen LogP contribution < -0.4 is 5.32 Å². The van der Waals surface area contributed by atoms with Crippen molar-refractivity contribution in [3.63, 3.8) is 0 Å². The summed E-state index contributed by atoms with van der Waals surface area (Å²) in [7, 11) is 0. The molecular formula is C17H21NO. The number of carbonyl (C=O) groups is 1. The molecule has 3 aliphatic rings. The summed E-state index contributed by atoms with van der Waals surface area (Å²) in [6, 6.07) is 6.26. The van der Waals surface area contributed by atoms with E-state index in [0.717, 1.165) is 34.9 Å². The second-order valence-electron chi connectivity index (χ2n) is 6.82. The standard InChI is InChI=1S/C17H21NO/c1-9-3-4-10(2)13(7-9)18-17(19)16-14-11-5-6-12(8-11)15(14)16/h3-4,7,11-12,14-16H,5-6,8H2,1-2H3,(H,18,19)/t11-,12-,14+,15+/m0/s1. The Kier molecular flexibility index (Phi) is 2.33. The van der Waals surface area contributed by atoms with Gasteiger partial charge >= 0.3 is 0 Å². The summed E-state index contributed by atoms with van der Waals surface area (Å²) in [4.78, 5) is 12.5. The van der Waals surface area contributed by atoms with E-state index in [1.165, 1.54) is 24.8 Å². The van der Waals surface area contributed by atoms with Gasteiger partial charge in [-0.1, -0.05) is 12.1 Å². The molecule has 1 amide bonds. The Balaban J connectivity index is 1.50. The van der Waals surface area contributed by atoms with Crippen LogP contribution in [0.2, 0.25) is 0 Å². The molecule has 1 aromatic carbocycles. The molecule has 3 saturated carbocycles. The molecule has 3 fully saturated rings. The number of amides is 1. The summed E-state index contributed by atoms with van der Waals surface area (Å²) in [6.45, 7) is 4.13. The lowest BCUT2D eigenvalue weighted by molar-refractivity contribution is -0.118. The first-order valence-corrected chi connectivity index (χ1v) is 7.53. The van der Waals surface area contributed by atoms with Crippen molar-refractivity contribution in [3.05, 3.63) is 29.3 Å².